The molecule has 1 aliphatic heterocycles. The number of benzene rings is 2. The first-order valence-corrected chi connectivity index (χ1v) is 11.8. The van der Waals surface area contributed by atoms with Gasteiger partial charge in [-0.2, -0.15) is 9.40 Å². The van der Waals surface area contributed by atoms with E-state index in [9.17, 15) is 13.2 Å². The molecule has 0 unspecified atom stereocenters. The molecule has 0 aliphatic carbocycles. The van der Waals surface area contributed by atoms with Crippen molar-refractivity contribution in [2.24, 2.45) is 0 Å². The maximum Gasteiger partial charge on any atom is 0.251 e. The van der Waals surface area contributed by atoms with E-state index in [-0.39, 0.29) is 21.4 Å². The van der Waals surface area contributed by atoms with Gasteiger partial charge in [0.15, 0.2) is 0 Å². The van der Waals surface area contributed by atoms with Gasteiger partial charge in [0.2, 0.25) is 10.0 Å². The van der Waals surface area contributed by atoms with Crippen LogP contribution in [0.5, 0.6) is 0 Å². The minimum absolute atomic E-state index is 0.0101. The van der Waals surface area contributed by atoms with Gasteiger partial charge in [-0.25, -0.2) is 8.42 Å². The minimum Gasteiger partial charge on any atom is -0.352 e. The molecule has 9 heteroatoms. The highest BCUT2D eigenvalue weighted by Gasteiger charge is 2.28. The number of amides is 1. The van der Waals surface area contributed by atoms with Crippen LogP contribution in [0.3, 0.4) is 0 Å². The molecule has 1 aliphatic rings. The number of rotatable bonds is 6. The minimum atomic E-state index is -3.71. The van der Waals surface area contributed by atoms with Crippen LogP contribution in [0, 0.1) is 0 Å². The summed E-state index contributed by atoms with van der Waals surface area (Å²) < 4.78 is 27.4. The van der Waals surface area contributed by atoms with Gasteiger partial charge in [-0.05, 0) is 55.2 Å². The Balaban J connectivity index is 1.44. The van der Waals surface area contributed by atoms with Gasteiger partial charge in [0.25, 0.3) is 5.91 Å². The van der Waals surface area contributed by atoms with Crippen LogP contribution < -0.4 is 5.32 Å². The predicted octanol–water partition coefficient (Wildman–Crippen LogP) is 3.36. The van der Waals surface area contributed by atoms with E-state index in [0.717, 1.165) is 35.7 Å². The van der Waals surface area contributed by atoms with Crippen LogP contribution in [-0.2, 0) is 16.4 Å². The number of sulfonamides is 1. The zero-order chi connectivity index (χ0) is 21.1. The summed E-state index contributed by atoms with van der Waals surface area (Å²) in [5.74, 6) is -0.328. The second kappa shape index (κ2) is 8.75. The fourth-order valence-corrected chi connectivity index (χ4v) is 5.67. The van der Waals surface area contributed by atoms with Gasteiger partial charge in [-0.3, -0.25) is 9.89 Å². The van der Waals surface area contributed by atoms with Gasteiger partial charge >= 0.3 is 0 Å². The van der Waals surface area contributed by atoms with E-state index in [4.69, 9.17) is 11.6 Å². The SMILES string of the molecule is O=C(NCCc1ccc2[nH]ncc2c1)c1ccc(Cl)c(S(=O)(=O)N2CCCCC2)c1. The summed E-state index contributed by atoms with van der Waals surface area (Å²) in [6, 6.07) is 10.4. The molecule has 0 bridgehead atoms. The lowest BCUT2D eigenvalue weighted by molar-refractivity contribution is 0.0954. The Hall–Kier alpha value is -2.42. The highest BCUT2D eigenvalue weighted by Crippen LogP contribution is 2.28. The molecule has 2 aromatic carbocycles. The average molecular weight is 447 g/mol. The summed E-state index contributed by atoms with van der Waals surface area (Å²) in [7, 11) is -3.71. The Morgan fingerprint density at radius 3 is 2.73 bits per heavy atom. The van der Waals surface area contributed by atoms with Gasteiger partial charge in [0.1, 0.15) is 4.90 Å². The van der Waals surface area contributed by atoms with Gasteiger partial charge in [-0.1, -0.05) is 24.1 Å². The molecular weight excluding hydrogens is 424 g/mol. The van der Waals surface area contributed by atoms with Crippen molar-refractivity contribution in [3.63, 3.8) is 0 Å². The first-order valence-electron chi connectivity index (χ1n) is 9.95. The predicted molar refractivity (Wildman–Crippen MR) is 116 cm³/mol. The van der Waals surface area contributed by atoms with Gasteiger partial charge < -0.3 is 5.32 Å². The number of nitrogens with one attached hydrogen (secondary N) is 2. The van der Waals surface area contributed by atoms with Crippen molar-refractivity contribution in [3.8, 4) is 0 Å². The number of carbonyl (C=O) groups is 1. The maximum atomic E-state index is 13.0. The first kappa shape index (κ1) is 20.8. The molecule has 2 N–H and O–H groups in total. The number of carbonyl (C=O) groups excluding carboxylic acids is 1. The van der Waals surface area contributed by atoms with Gasteiger partial charge in [0.05, 0.1) is 16.7 Å². The maximum absolute atomic E-state index is 13.0. The Morgan fingerprint density at radius 1 is 1.13 bits per heavy atom. The normalized spacial score (nSPS) is 15.4. The van der Waals surface area contributed by atoms with Crippen LogP contribution >= 0.6 is 11.6 Å². The molecule has 1 aromatic heterocycles. The summed E-state index contributed by atoms with van der Waals surface area (Å²) in [6.07, 6.45) is 5.10. The molecule has 3 aromatic rings. The van der Waals surface area contributed by atoms with Crippen molar-refractivity contribution in [2.75, 3.05) is 19.6 Å². The molecule has 1 amide bonds. The third kappa shape index (κ3) is 4.35. The standard InChI is InChI=1S/C21H23ClN4O3S/c22-18-6-5-16(13-20(18)30(28,29)26-10-2-1-3-11-26)21(27)23-9-8-15-4-7-19-17(12-15)14-24-25-19/h4-7,12-14H,1-3,8-11H2,(H,23,27)(H,24,25). The summed E-state index contributed by atoms with van der Waals surface area (Å²) in [6.45, 7) is 1.39. The third-order valence-electron chi connectivity index (χ3n) is 5.33. The zero-order valence-corrected chi connectivity index (χ0v) is 18.0. The molecule has 158 valence electrons. The molecular formula is C21H23ClN4O3S. The number of aromatic nitrogens is 2. The van der Waals surface area contributed by atoms with Gasteiger partial charge in [-0.15, -0.1) is 0 Å². The van der Waals surface area contributed by atoms with Crippen LogP contribution in [0.1, 0.15) is 35.2 Å². The van der Waals surface area contributed by atoms with Gasteiger partial charge in [0, 0.05) is 30.6 Å². The molecule has 1 fully saturated rings. The quantitative estimate of drug-likeness (QED) is 0.606. The van der Waals surface area contributed by atoms with E-state index in [1.54, 1.807) is 12.3 Å². The molecule has 0 saturated carbocycles. The lowest BCUT2D eigenvalue weighted by atomic mass is 10.1. The largest absolute Gasteiger partial charge is 0.352 e. The number of halogens is 1. The highest BCUT2D eigenvalue weighted by molar-refractivity contribution is 7.89. The average Bonchev–Trinajstić information content (AvgIpc) is 3.22. The number of aromatic amines is 1. The number of hydrogen-bond donors (Lipinski definition) is 2. The Morgan fingerprint density at radius 2 is 1.93 bits per heavy atom. The van der Waals surface area contributed by atoms with Crippen molar-refractivity contribution in [1.29, 1.82) is 0 Å². The Kier molecular flexibility index (Phi) is 6.08. The molecule has 0 atom stereocenters. The summed E-state index contributed by atoms with van der Waals surface area (Å²) in [5, 5.41) is 10.9. The van der Waals surface area contributed by atoms with Crippen molar-refractivity contribution >= 4 is 38.4 Å². The van der Waals surface area contributed by atoms with Crippen LogP contribution in [0.15, 0.2) is 47.5 Å². The summed E-state index contributed by atoms with van der Waals surface area (Å²) in [5.41, 5.74) is 2.32. The van der Waals surface area contributed by atoms with Crippen molar-refractivity contribution in [2.45, 2.75) is 30.6 Å². The molecule has 30 heavy (non-hydrogen) atoms. The molecule has 4 rings (SSSR count). The van der Waals surface area contributed by atoms with Crippen molar-refractivity contribution in [1.82, 2.24) is 19.8 Å². The number of nitrogens with zero attached hydrogens (tertiary/aromatic N) is 2. The lowest BCUT2D eigenvalue weighted by Gasteiger charge is -2.26. The Bertz CT molecular complexity index is 1170. The molecule has 0 spiro atoms. The number of hydrogen-bond acceptors (Lipinski definition) is 4. The number of fused-ring (bicyclic) bond motifs is 1. The highest BCUT2D eigenvalue weighted by atomic mass is 35.5. The molecule has 0 radical (unpaired) electrons. The monoisotopic (exact) mass is 446 g/mol. The molecule has 2 heterocycles. The molecule has 1 saturated heterocycles. The van der Waals surface area contributed by atoms with Crippen molar-refractivity contribution in [3.05, 3.63) is 58.7 Å². The van der Waals surface area contributed by atoms with Crippen LogP contribution in [-0.4, -0.2) is 48.5 Å². The fraction of sp³-hybridized carbons (Fsp3) is 0.333. The lowest BCUT2D eigenvalue weighted by Crippen LogP contribution is -2.36. The topological polar surface area (TPSA) is 95.2 Å². The van der Waals surface area contributed by atoms with E-state index < -0.39 is 10.0 Å². The fourth-order valence-electron chi connectivity index (χ4n) is 3.66. The zero-order valence-electron chi connectivity index (χ0n) is 16.4. The second-order valence-corrected chi connectivity index (χ2v) is 9.72. The summed E-state index contributed by atoms with van der Waals surface area (Å²) in [4.78, 5) is 12.6. The second-order valence-electron chi connectivity index (χ2n) is 7.41. The summed E-state index contributed by atoms with van der Waals surface area (Å²) >= 11 is 6.18. The first-order chi connectivity index (χ1) is 14.4. The number of H-pyrrole nitrogens is 1. The number of piperidine rings is 1. The smallest absolute Gasteiger partial charge is 0.251 e. The van der Waals surface area contributed by atoms with Crippen LogP contribution in [0.4, 0.5) is 0 Å². The van der Waals surface area contributed by atoms with E-state index in [2.05, 4.69) is 15.5 Å². The van der Waals surface area contributed by atoms with Crippen LogP contribution in [0.2, 0.25) is 5.02 Å². The van der Waals surface area contributed by atoms with E-state index >= 15 is 0 Å². The van der Waals surface area contributed by atoms with E-state index in [0.29, 0.717) is 26.1 Å². The van der Waals surface area contributed by atoms with Crippen LogP contribution in [0.25, 0.3) is 10.9 Å². The third-order valence-corrected chi connectivity index (χ3v) is 7.71. The molecule has 7 nitrogen and oxygen atoms in total. The van der Waals surface area contributed by atoms with Crippen molar-refractivity contribution < 1.29 is 13.2 Å². The van der Waals surface area contributed by atoms with E-state index in [1.165, 1.54) is 16.4 Å². The van der Waals surface area contributed by atoms with E-state index in [1.807, 2.05) is 18.2 Å². The Labute approximate surface area is 180 Å².